The SMILES string of the molecule is NC(Cc1ccccc1)c1ccc(-c2ccccc2)c(S(=O)(=O)O)c1. The van der Waals surface area contributed by atoms with Gasteiger partial charge in [-0.3, -0.25) is 4.55 Å². The van der Waals surface area contributed by atoms with Crippen molar-refractivity contribution in [3.05, 3.63) is 90.0 Å². The topological polar surface area (TPSA) is 80.4 Å². The van der Waals surface area contributed by atoms with Gasteiger partial charge in [0.25, 0.3) is 10.1 Å². The average molecular weight is 353 g/mol. The number of hydrogen-bond acceptors (Lipinski definition) is 3. The summed E-state index contributed by atoms with van der Waals surface area (Å²) in [4.78, 5) is -0.125. The van der Waals surface area contributed by atoms with Crippen LogP contribution in [0.5, 0.6) is 0 Å². The highest BCUT2D eigenvalue weighted by Crippen LogP contribution is 2.30. The summed E-state index contributed by atoms with van der Waals surface area (Å²) in [5, 5.41) is 0. The first-order valence-electron chi connectivity index (χ1n) is 7.91. The lowest BCUT2D eigenvalue weighted by molar-refractivity contribution is 0.483. The summed E-state index contributed by atoms with van der Waals surface area (Å²) in [6.07, 6.45) is 0.580. The second-order valence-corrected chi connectivity index (χ2v) is 7.28. The molecule has 3 rings (SSSR count). The van der Waals surface area contributed by atoms with Gasteiger partial charge in [0.1, 0.15) is 4.90 Å². The predicted molar refractivity (Wildman–Crippen MR) is 98.8 cm³/mol. The van der Waals surface area contributed by atoms with E-state index < -0.39 is 10.1 Å². The van der Waals surface area contributed by atoms with Gasteiger partial charge < -0.3 is 5.73 Å². The van der Waals surface area contributed by atoms with Gasteiger partial charge in [0.05, 0.1) is 0 Å². The maximum atomic E-state index is 11.9. The zero-order valence-corrected chi connectivity index (χ0v) is 14.4. The van der Waals surface area contributed by atoms with E-state index in [1.165, 1.54) is 6.07 Å². The number of rotatable bonds is 5. The third kappa shape index (κ3) is 4.14. The molecule has 25 heavy (non-hydrogen) atoms. The summed E-state index contributed by atoms with van der Waals surface area (Å²) < 4.78 is 33.4. The van der Waals surface area contributed by atoms with Crippen LogP contribution in [0.2, 0.25) is 0 Å². The van der Waals surface area contributed by atoms with E-state index in [0.717, 1.165) is 11.1 Å². The van der Waals surface area contributed by atoms with Crippen LogP contribution >= 0.6 is 0 Å². The third-order valence-corrected chi connectivity index (χ3v) is 4.99. The molecule has 1 atom stereocenters. The highest BCUT2D eigenvalue weighted by Gasteiger charge is 2.19. The first kappa shape index (κ1) is 17.4. The quantitative estimate of drug-likeness (QED) is 0.683. The molecule has 0 spiro atoms. The molecule has 3 aromatic carbocycles. The van der Waals surface area contributed by atoms with Gasteiger partial charge in [-0.1, -0.05) is 72.8 Å². The van der Waals surface area contributed by atoms with E-state index in [0.29, 0.717) is 17.5 Å². The molecule has 0 radical (unpaired) electrons. The van der Waals surface area contributed by atoms with Gasteiger partial charge in [0, 0.05) is 11.6 Å². The summed E-state index contributed by atoms with van der Waals surface area (Å²) in [5.74, 6) is 0. The Hall–Kier alpha value is -2.47. The van der Waals surface area contributed by atoms with Crippen LogP contribution in [-0.2, 0) is 16.5 Å². The Morgan fingerprint density at radius 3 is 2.08 bits per heavy atom. The van der Waals surface area contributed by atoms with Crippen molar-refractivity contribution in [1.82, 2.24) is 0 Å². The van der Waals surface area contributed by atoms with Crippen molar-refractivity contribution >= 4 is 10.1 Å². The zero-order valence-electron chi connectivity index (χ0n) is 13.5. The maximum absolute atomic E-state index is 11.9. The molecule has 3 N–H and O–H groups in total. The van der Waals surface area contributed by atoms with Crippen LogP contribution in [0.3, 0.4) is 0 Å². The normalized spacial score (nSPS) is 12.7. The van der Waals surface area contributed by atoms with Crippen molar-refractivity contribution in [2.75, 3.05) is 0 Å². The molecular formula is C20H19NO3S. The average Bonchev–Trinajstić information content (AvgIpc) is 2.62. The lowest BCUT2D eigenvalue weighted by Gasteiger charge is -2.15. The monoisotopic (exact) mass is 353 g/mol. The molecule has 3 aromatic rings. The summed E-state index contributed by atoms with van der Waals surface area (Å²) >= 11 is 0. The van der Waals surface area contributed by atoms with E-state index in [-0.39, 0.29) is 10.9 Å². The largest absolute Gasteiger partial charge is 0.324 e. The van der Waals surface area contributed by atoms with Gasteiger partial charge in [-0.2, -0.15) is 8.42 Å². The second kappa shape index (κ2) is 7.19. The summed E-state index contributed by atoms with van der Waals surface area (Å²) in [5.41, 5.74) is 9.16. The van der Waals surface area contributed by atoms with Gasteiger partial charge >= 0.3 is 0 Å². The van der Waals surface area contributed by atoms with E-state index in [4.69, 9.17) is 5.73 Å². The molecule has 128 valence electrons. The fourth-order valence-electron chi connectivity index (χ4n) is 2.83. The van der Waals surface area contributed by atoms with Crippen molar-refractivity contribution in [3.8, 4) is 11.1 Å². The van der Waals surface area contributed by atoms with Crippen LogP contribution in [0.4, 0.5) is 0 Å². The molecule has 0 heterocycles. The molecule has 4 nitrogen and oxygen atoms in total. The van der Waals surface area contributed by atoms with E-state index in [2.05, 4.69) is 0 Å². The summed E-state index contributed by atoms with van der Waals surface area (Å²) in [7, 11) is -4.37. The van der Waals surface area contributed by atoms with Gasteiger partial charge in [-0.15, -0.1) is 0 Å². The van der Waals surface area contributed by atoms with Crippen LogP contribution in [0.1, 0.15) is 17.2 Å². The lowest BCUT2D eigenvalue weighted by atomic mass is 9.97. The maximum Gasteiger partial charge on any atom is 0.295 e. The van der Waals surface area contributed by atoms with Gasteiger partial charge in [-0.05, 0) is 29.2 Å². The smallest absolute Gasteiger partial charge is 0.295 e. The molecular weight excluding hydrogens is 334 g/mol. The molecule has 0 saturated heterocycles. The molecule has 0 aliphatic rings. The fourth-order valence-corrected chi connectivity index (χ4v) is 3.57. The van der Waals surface area contributed by atoms with Crippen LogP contribution in [0.15, 0.2) is 83.8 Å². The molecule has 0 fully saturated rings. The van der Waals surface area contributed by atoms with E-state index in [9.17, 15) is 13.0 Å². The lowest BCUT2D eigenvalue weighted by Crippen LogP contribution is -2.14. The Labute approximate surface area is 147 Å². The van der Waals surface area contributed by atoms with Crippen LogP contribution in [-0.4, -0.2) is 13.0 Å². The Balaban J connectivity index is 2.00. The minimum Gasteiger partial charge on any atom is -0.324 e. The third-order valence-electron chi connectivity index (χ3n) is 4.09. The highest BCUT2D eigenvalue weighted by molar-refractivity contribution is 7.86. The molecule has 0 saturated carbocycles. The van der Waals surface area contributed by atoms with E-state index in [1.807, 2.05) is 54.6 Å². The molecule has 1 unspecified atom stereocenters. The van der Waals surface area contributed by atoms with Crippen LogP contribution in [0, 0.1) is 0 Å². The van der Waals surface area contributed by atoms with Gasteiger partial charge in [0.2, 0.25) is 0 Å². The minimum atomic E-state index is -4.37. The van der Waals surface area contributed by atoms with Gasteiger partial charge in [0.15, 0.2) is 0 Å². The molecule has 5 heteroatoms. The van der Waals surface area contributed by atoms with Crippen molar-refractivity contribution in [2.45, 2.75) is 17.4 Å². The summed E-state index contributed by atoms with van der Waals surface area (Å²) in [6, 6.07) is 23.4. The number of hydrogen-bond donors (Lipinski definition) is 2. The molecule has 0 amide bonds. The Morgan fingerprint density at radius 2 is 1.48 bits per heavy atom. The number of benzene rings is 3. The summed E-state index contributed by atoms with van der Waals surface area (Å²) in [6.45, 7) is 0. The molecule has 0 aliphatic carbocycles. The standard InChI is InChI=1S/C20H19NO3S/c21-19(13-15-7-3-1-4-8-15)17-11-12-18(16-9-5-2-6-10-16)20(14-17)25(22,23)24/h1-12,14,19H,13,21H2,(H,22,23,24). The first-order valence-corrected chi connectivity index (χ1v) is 9.35. The van der Waals surface area contributed by atoms with Crippen molar-refractivity contribution in [1.29, 1.82) is 0 Å². The predicted octanol–water partition coefficient (Wildman–Crippen LogP) is 3.84. The fraction of sp³-hybridized carbons (Fsp3) is 0.100. The van der Waals surface area contributed by atoms with Crippen molar-refractivity contribution in [2.24, 2.45) is 5.73 Å². The zero-order chi connectivity index (χ0) is 17.9. The van der Waals surface area contributed by atoms with Crippen LogP contribution < -0.4 is 5.73 Å². The second-order valence-electron chi connectivity index (χ2n) is 5.89. The first-order chi connectivity index (χ1) is 11.9. The minimum absolute atomic E-state index is 0.125. The van der Waals surface area contributed by atoms with Crippen molar-refractivity contribution < 1.29 is 13.0 Å². The van der Waals surface area contributed by atoms with Gasteiger partial charge in [-0.25, -0.2) is 0 Å². The molecule has 0 aromatic heterocycles. The van der Waals surface area contributed by atoms with Crippen molar-refractivity contribution in [3.63, 3.8) is 0 Å². The Kier molecular flexibility index (Phi) is 4.99. The molecule has 0 bridgehead atoms. The molecule has 0 aliphatic heterocycles. The van der Waals surface area contributed by atoms with E-state index in [1.54, 1.807) is 18.2 Å². The van der Waals surface area contributed by atoms with E-state index >= 15 is 0 Å². The Bertz CT molecular complexity index is 955. The number of nitrogens with two attached hydrogens (primary N) is 1. The van der Waals surface area contributed by atoms with Crippen LogP contribution in [0.25, 0.3) is 11.1 Å². The highest BCUT2D eigenvalue weighted by atomic mass is 32.2. The Morgan fingerprint density at radius 1 is 0.880 bits per heavy atom.